The van der Waals surface area contributed by atoms with Crippen LogP contribution in [0.1, 0.15) is 0 Å². The molecule has 0 bridgehead atoms. The minimum absolute atomic E-state index is 0.251. The second-order valence-corrected chi connectivity index (χ2v) is 5.18. The van der Waals surface area contributed by atoms with Gasteiger partial charge in [-0.3, -0.25) is 5.10 Å². The number of hydrogen-bond donors (Lipinski definition) is 3. The van der Waals surface area contributed by atoms with Crippen LogP contribution in [0.4, 0.5) is 25.8 Å². The van der Waals surface area contributed by atoms with Gasteiger partial charge in [0.15, 0.2) is 11.6 Å². The van der Waals surface area contributed by atoms with Crippen molar-refractivity contribution in [1.82, 2.24) is 10.2 Å². The van der Waals surface area contributed by atoms with Crippen LogP contribution in [0, 0.1) is 11.6 Å². The number of aromatic amines is 1. The van der Waals surface area contributed by atoms with Gasteiger partial charge < -0.3 is 11.1 Å². The zero-order valence-corrected chi connectivity index (χ0v) is 11.6. The van der Waals surface area contributed by atoms with Gasteiger partial charge in [0.1, 0.15) is 5.69 Å². The van der Waals surface area contributed by atoms with E-state index < -0.39 is 11.6 Å². The third-order valence-electron chi connectivity index (χ3n) is 2.88. The molecule has 0 spiro atoms. The van der Waals surface area contributed by atoms with E-state index in [2.05, 4.69) is 31.4 Å². The Morgan fingerprint density at radius 1 is 1.15 bits per heavy atom. The number of anilines is 3. The number of hydrogen-bond acceptors (Lipinski definition) is 3. The average molecular weight is 339 g/mol. The highest BCUT2D eigenvalue weighted by Gasteiger charge is 2.13. The summed E-state index contributed by atoms with van der Waals surface area (Å²) in [6, 6.07) is 5.68. The van der Waals surface area contributed by atoms with E-state index in [1.54, 1.807) is 18.3 Å². The van der Waals surface area contributed by atoms with Gasteiger partial charge in [0.2, 0.25) is 0 Å². The number of nitrogens with zero attached hydrogens (tertiary/aromatic N) is 1. The minimum atomic E-state index is -0.707. The van der Waals surface area contributed by atoms with Gasteiger partial charge in [-0.1, -0.05) is 15.9 Å². The molecule has 102 valence electrons. The van der Waals surface area contributed by atoms with Crippen LogP contribution in [-0.4, -0.2) is 10.2 Å². The fraction of sp³-hybridized carbons (Fsp3) is 0. The summed E-state index contributed by atoms with van der Waals surface area (Å²) >= 11 is 3.03. The lowest BCUT2D eigenvalue weighted by molar-refractivity contribution is 0.589. The number of H-pyrrole nitrogens is 1. The third kappa shape index (κ3) is 2.20. The summed E-state index contributed by atoms with van der Waals surface area (Å²) in [5.74, 6) is -1.41. The topological polar surface area (TPSA) is 66.7 Å². The van der Waals surface area contributed by atoms with E-state index in [1.807, 2.05) is 0 Å². The van der Waals surface area contributed by atoms with E-state index in [0.29, 0.717) is 15.8 Å². The number of fused-ring (bicyclic) bond motifs is 1. The Labute approximate surface area is 121 Å². The van der Waals surface area contributed by atoms with E-state index in [0.717, 1.165) is 10.9 Å². The molecule has 2 aromatic carbocycles. The van der Waals surface area contributed by atoms with Crippen molar-refractivity contribution >= 4 is 43.9 Å². The molecule has 1 aromatic heterocycles. The number of aromatic nitrogens is 2. The van der Waals surface area contributed by atoms with E-state index >= 15 is 0 Å². The summed E-state index contributed by atoms with van der Waals surface area (Å²) in [5.41, 5.74) is 7.12. The molecule has 0 saturated heterocycles. The van der Waals surface area contributed by atoms with Crippen LogP contribution in [0.3, 0.4) is 0 Å². The Hall–Kier alpha value is -2.15. The SMILES string of the molecule is Nc1cc2cn[nH]c2cc1Nc1c(F)cc(Br)cc1F. The summed E-state index contributed by atoms with van der Waals surface area (Å²) < 4.78 is 27.9. The summed E-state index contributed by atoms with van der Waals surface area (Å²) in [6.07, 6.45) is 1.62. The van der Waals surface area contributed by atoms with E-state index in [9.17, 15) is 8.78 Å². The quantitative estimate of drug-likeness (QED) is 0.620. The van der Waals surface area contributed by atoms with Crippen LogP contribution in [0.25, 0.3) is 10.9 Å². The summed E-state index contributed by atoms with van der Waals surface area (Å²) in [5, 5.41) is 10.1. The van der Waals surface area contributed by atoms with Gasteiger partial charge in [0, 0.05) is 9.86 Å². The highest BCUT2D eigenvalue weighted by molar-refractivity contribution is 9.10. The number of nitrogens with two attached hydrogens (primary N) is 1. The Bertz CT molecular complexity index is 777. The van der Waals surface area contributed by atoms with Gasteiger partial charge in [0.25, 0.3) is 0 Å². The van der Waals surface area contributed by atoms with Crippen LogP contribution < -0.4 is 11.1 Å². The molecule has 1 heterocycles. The molecule has 4 nitrogen and oxygen atoms in total. The van der Waals surface area contributed by atoms with Gasteiger partial charge >= 0.3 is 0 Å². The Morgan fingerprint density at radius 2 is 1.85 bits per heavy atom. The first-order valence-corrected chi connectivity index (χ1v) is 6.48. The molecule has 0 unspecified atom stereocenters. The normalized spacial score (nSPS) is 10.9. The monoisotopic (exact) mass is 338 g/mol. The molecule has 0 aliphatic carbocycles. The maximum absolute atomic E-state index is 13.8. The fourth-order valence-electron chi connectivity index (χ4n) is 1.91. The van der Waals surface area contributed by atoms with Gasteiger partial charge in [-0.05, 0) is 24.3 Å². The molecule has 7 heteroatoms. The molecular formula is C13H9BrF2N4. The average Bonchev–Trinajstić information content (AvgIpc) is 2.80. The number of rotatable bonds is 2. The predicted octanol–water partition coefficient (Wildman–Crippen LogP) is 3.93. The molecule has 3 aromatic rings. The van der Waals surface area contributed by atoms with Crippen molar-refractivity contribution in [1.29, 1.82) is 0 Å². The van der Waals surface area contributed by atoms with Crippen LogP contribution >= 0.6 is 15.9 Å². The Balaban J connectivity index is 2.07. The molecule has 0 saturated carbocycles. The standard InChI is InChI=1S/C13H9BrF2N4/c14-7-2-8(15)13(9(16)3-7)19-12-4-11-6(1-10(12)17)5-18-20-11/h1-5,19H,17H2,(H,18,20). The molecule has 0 amide bonds. The van der Waals surface area contributed by atoms with Crippen molar-refractivity contribution in [2.24, 2.45) is 0 Å². The molecule has 0 fully saturated rings. The van der Waals surface area contributed by atoms with Crippen molar-refractivity contribution < 1.29 is 8.78 Å². The minimum Gasteiger partial charge on any atom is -0.397 e. The van der Waals surface area contributed by atoms with Crippen molar-refractivity contribution in [3.63, 3.8) is 0 Å². The van der Waals surface area contributed by atoms with Crippen molar-refractivity contribution in [2.45, 2.75) is 0 Å². The van der Waals surface area contributed by atoms with Gasteiger partial charge in [-0.25, -0.2) is 8.78 Å². The van der Waals surface area contributed by atoms with Crippen molar-refractivity contribution in [3.05, 3.63) is 46.6 Å². The van der Waals surface area contributed by atoms with E-state index in [4.69, 9.17) is 5.73 Å². The van der Waals surface area contributed by atoms with Gasteiger partial charge in [-0.2, -0.15) is 5.10 Å². The molecule has 0 aliphatic rings. The summed E-state index contributed by atoms with van der Waals surface area (Å²) in [7, 11) is 0. The number of halogens is 3. The molecule has 20 heavy (non-hydrogen) atoms. The van der Waals surface area contributed by atoms with Crippen molar-refractivity contribution in [2.75, 3.05) is 11.1 Å². The first-order chi connectivity index (χ1) is 9.54. The van der Waals surface area contributed by atoms with E-state index in [-0.39, 0.29) is 5.69 Å². The zero-order chi connectivity index (χ0) is 14.3. The molecule has 0 aliphatic heterocycles. The Kier molecular flexibility index (Phi) is 3.06. The molecule has 0 radical (unpaired) electrons. The van der Waals surface area contributed by atoms with Crippen LogP contribution in [0.2, 0.25) is 0 Å². The summed E-state index contributed by atoms with van der Waals surface area (Å²) in [4.78, 5) is 0. The largest absolute Gasteiger partial charge is 0.397 e. The van der Waals surface area contributed by atoms with Crippen LogP contribution in [0.5, 0.6) is 0 Å². The Morgan fingerprint density at radius 3 is 2.55 bits per heavy atom. The highest BCUT2D eigenvalue weighted by Crippen LogP contribution is 2.31. The highest BCUT2D eigenvalue weighted by atomic mass is 79.9. The maximum atomic E-state index is 13.8. The smallest absolute Gasteiger partial charge is 0.150 e. The molecule has 0 atom stereocenters. The third-order valence-corrected chi connectivity index (χ3v) is 3.33. The molecular weight excluding hydrogens is 330 g/mol. The number of nitrogen functional groups attached to an aromatic ring is 1. The first kappa shape index (κ1) is 12.9. The second-order valence-electron chi connectivity index (χ2n) is 4.27. The van der Waals surface area contributed by atoms with Gasteiger partial charge in [-0.15, -0.1) is 0 Å². The lowest BCUT2D eigenvalue weighted by atomic mass is 10.2. The maximum Gasteiger partial charge on any atom is 0.150 e. The number of nitrogens with one attached hydrogen (secondary N) is 2. The van der Waals surface area contributed by atoms with Crippen molar-refractivity contribution in [3.8, 4) is 0 Å². The zero-order valence-electron chi connectivity index (χ0n) is 10.0. The lowest BCUT2D eigenvalue weighted by Crippen LogP contribution is -2.01. The first-order valence-electron chi connectivity index (χ1n) is 5.69. The summed E-state index contributed by atoms with van der Waals surface area (Å²) in [6.45, 7) is 0. The van der Waals surface area contributed by atoms with E-state index in [1.165, 1.54) is 12.1 Å². The van der Waals surface area contributed by atoms with Gasteiger partial charge in [0.05, 0.1) is 23.1 Å². The number of benzene rings is 2. The fourth-order valence-corrected chi connectivity index (χ4v) is 2.32. The van der Waals surface area contributed by atoms with Crippen LogP contribution in [0.15, 0.2) is 34.9 Å². The second kappa shape index (κ2) is 4.75. The molecule has 4 N–H and O–H groups in total. The van der Waals surface area contributed by atoms with Crippen LogP contribution in [-0.2, 0) is 0 Å². The lowest BCUT2D eigenvalue weighted by Gasteiger charge is -2.11. The predicted molar refractivity (Wildman–Crippen MR) is 77.8 cm³/mol. The molecule has 3 rings (SSSR count).